The van der Waals surface area contributed by atoms with Crippen LogP contribution in [0.4, 0.5) is 15.9 Å². The molecule has 3 N–H and O–H groups in total. The highest BCUT2D eigenvalue weighted by molar-refractivity contribution is 14.2. The molecule has 0 radical (unpaired) electrons. The molecule has 2 aliphatic heterocycles. The number of H-pyrrole nitrogens is 2. The molecule has 0 unspecified atom stereocenters. The lowest BCUT2D eigenvalue weighted by molar-refractivity contribution is -0.115. The number of aromatic amines is 2. The van der Waals surface area contributed by atoms with Crippen molar-refractivity contribution in [2.45, 2.75) is 25.7 Å². The minimum atomic E-state index is -1.12. The summed E-state index contributed by atoms with van der Waals surface area (Å²) >= 11 is -1.12. The van der Waals surface area contributed by atoms with Crippen molar-refractivity contribution in [3.05, 3.63) is 84.5 Å². The average molecular weight is 660 g/mol. The number of pyridine rings is 2. The third kappa shape index (κ3) is 5.17. The summed E-state index contributed by atoms with van der Waals surface area (Å²) in [6, 6.07) is 13.2. The Morgan fingerprint density at radius 3 is 2.80 bits per heavy atom. The molecule has 2 aliphatic rings. The molecule has 0 bridgehead atoms. The molecule has 0 aliphatic carbocycles. The van der Waals surface area contributed by atoms with Crippen LogP contribution in [-0.4, -0.2) is 49.1 Å². The lowest BCUT2D eigenvalue weighted by Crippen LogP contribution is -2.30. The second-order valence-electron chi connectivity index (χ2n) is 10.0. The topological polar surface area (TPSA) is 115 Å². The number of rotatable bonds is 6. The van der Waals surface area contributed by atoms with Crippen LogP contribution in [-0.2, 0) is 11.2 Å². The van der Waals surface area contributed by atoms with Crippen molar-refractivity contribution in [3.8, 4) is 11.5 Å². The van der Waals surface area contributed by atoms with E-state index in [0.717, 1.165) is 56.8 Å². The minimum Gasteiger partial charge on any atom is -0.355 e. The molecule has 7 rings (SSSR count). The number of halogens is 2. The normalized spacial score (nSPS) is 15.1. The van der Waals surface area contributed by atoms with Gasteiger partial charge < -0.3 is 15.2 Å². The zero-order valence-corrected chi connectivity index (χ0v) is 24.2. The number of hydrogen-bond donors (Lipinski definition) is 3. The molecule has 4 aromatic heterocycles. The molecule has 41 heavy (non-hydrogen) atoms. The molecule has 9 nitrogen and oxygen atoms in total. The Kier molecular flexibility index (Phi) is 6.87. The molecule has 0 saturated carbocycles. The molecular formula is C30H26FIN8O. The molecule has 1 fully saturated rings. The SMILES string of the molecule is O=C(Cc1ccccc1)Nc1cncc(C2=C(F)I=c3[nH]nc(-c4nc5c(N6CCCCC6)nccc5[nH]4)c3=C2)c1. The minimum absolute atomic E-state index is 0.160. The highest BCUT2D eigenvalue weighted by Gasteiger charge is 2.21. The van der Waals surface area contributed by atoms with Crippen LogP contribution in [0, 0.1) is 3.28 Å². The Bertz CT molecular complexity index is 1920. The van der Waals surface area contributed by atoms with Gasteiger partial charge in [0.15, 0.2) is 15.5 Å². The van der Waals surface area contributed by atoms with Crippen molar-refractivity contribution in [2.75, 3.05) is 23.3 Å². The fourth-order valence-corrected chi connectivity index (χ4v) is 7.43. The zero-order valence-electron chi connectivity index (χ0n) is 22.0. The first-order valence-electron chi connectivity index (χ1n) is 13.5. The standard InChI is InChI=1S/C30H26FIN8O/c31-27-21(19-14-20(17-33-16-19)35-24(41)13-18-7-3-1-4-8-18)15-22-25(38-39-28(22)32-27)29-36-23-9-10-34-30(26(23)37-29)40-11-5-2-6-12-40/h1,3-4,7-10,14-17H,2,5-6,11-13H2,(H,35,41)(H,36,37)(H,38,39). The predicted molar refractivity (Wildman–Crippen MR) is 166 cm³/mol. The Labute approximate surface area is 244 Å². The first-order chi connectivity index (χ1) is 20.1. The van der Waals surface area contributed by atoms with E-state index in [4.69, 9.17) is 4.98 Å². The van der Waals surface area contributed by atoms with Gasteiger partial charge in [-0.25, -0.2) is 9.97 Å². The van der Waals surface area contributed by atoms with Gasteiger partial charge in [0, 0.05) is 41.8 Å². The van der Waals surface area contributed by atoms with Gasteiger partial charge in [-0.05, 0) is 63.8 Å². The number of amides is 1. The maximum absolute atomic E-state index is 15.4. The summed E-state index contributed by atoms with van der Waals surface area (Å²) in [5.41, 5.74) is 4.83. The molecule has 1 amide bonds. The lowest BCUT2D eigenvalue weighted by Gasteiger charge is -2.27. The second kappa shape index (κ2) is 11.0. The number of anilines is 2. The Balaban J connectivity index is 1.20. The zero-order chi connectivity index (χ0) is 27.8. The van der Waals surface area contributed by atoms with E-state index >= 15 is 4.39 Å². The lowest BCUT2D eigenvalue weighted by atomic mass is 10.1. The van der Waals surface area contributed by atoms with Crippen LogP contribution in [0.5, 0.6) is 0 Å². The van der Waals surface area contributed by atoms with Crippen molar-refractivity contribution in [1.29, 1.82) is 0 Å². The number of carbonyl (C=O) groups is 1. The van der Waals surface area contributed by atoms with E-state index in [1.807, 2.05) is 36.4 Å². The number of aromatic nitrogens is 6. The Hall–Kier alpha value is -4.26. The van der Waals surface area contributed by atoms with Crippen molar-refractivity contribution in [2.24, 2.45) is 0 Å². The van der Waals surface area contributed by atoms with Gasteiger partial charge in [-0.3, -0.25) is 14.9 Å². The molecule has 0 spiro atoms. The van der Waals surface area contributed by atoms with Gasteiger partial charge in [-0.15, -0.1) is 0 Å². The van der Waals surface area contributed by atoms with Gasteiger partial charge in [0.05, 0.1) is 23.8 Å². The molecular weight excluding hydrogens is 634 g/mol. The number of piperidine rings is 1. The van der Waals surface area contributed by atoms with Crippen molar-refractivity contribution < 1.29 is 9.18 Å². The third-order valence-corrected chi connectivity index (χ3v) is 9.65. The second-order valence-corrected chi connectivity index (χ2v) is 12.6. The Morgan fingerprint density at radius 1 is 1.10 bits per heavy atom. The van der Waals surface area contributed by atoms with E-state index in [0.29, 0.717) is 28.3 Å². The maximum Gasteiger partial charge on any atom is 0.228 e. The number of allylic oxidation sites excluding steroid dienone is 1. The molecule has 6 heterocycles. The number of benzene rings is 1. The summed E-state index contributed by atoms with van der Waals surface area (Å²) in [6.07, 6.45) is 10.6. The van der Waals surface area contributed by atoms with Crippen molar-refractivity contribution >= 4 is 60.8 Å². The number of nitrogens with one attached hydrogen (secondary N) is 3. The van der Waals surface area contributed by atoms with Crippen LogP contribution in [0.2, 0.25) is 0 Å². The van der Waals surface area contributed by atoms with Crippen LogP contribution in [0.25, 0.3) is 34.2 Å². The third-order valence-electron chi connectivity index (χ3n) is 7.23. The van der Waals surface area contributed by atoms with Crippen molar-refractivity contribution in [1.82, 2.24) is 30.1 Å². The molecule has 1 saturated heterocycles. The molecule has 1 aromatic carbocycles. The average Bonchev–Trinajstić information content (AvgIpc) is 3.61. The summed E-state index contributed by atoms with van der Waals surface area (Å²) in [6.45, 7) is 1.94. The van der Waals surface area contributed by atoms with Crippen LogP contribution >= 0.6 is 20.7 Å². The fraction of sp³-hybridized carbons (Fsp3) is 0.200. The van der Waals surface area contributed by atoms with Crippen LogP contribution in [0.15, 0.2) is 64.9 Å². The van der Waals surface area contributed by atoms with Gasteiger partial charge in [0.2, 0.25) is 5.91 Å². The quantitative estimate of drug-likeness (QED) is 0.214. The van der Waals surface area contributed by atoms with Crippen LogP contribution in [0.3, 0.4) is 0 Å². The first-order valence-corrected chi connectivity index (χ1v) is 15.6. The van der Waals surface area contributed by atoms with E-state index in [9.17, 15) is 4.79 Å². The summed E-state index contributed by atoms with van der Waals surface area (Å²) in [4.78, 5) is 32.2. The molecule has 11 heteroatoms. The van der Waals surface area contributed by atoms with E-state index in [-0.39, 0.29) is 16.2 Å². The van der Waals surface area contributed by atoms with E-state index in [1.54, 1.807) is 30.7 Å². The summed E-state index contributed by atoms with van der Waals surface area (Å²) < 4.78 is 16.0. The van der Waals surface area contributed by atoms with E-state index < -0.39 is 20.7 Å². The number of carbonyl (C=O) groups excluding carboxylic acids is 1. The number of fused-ring (bicyclic) bond motifs is 2. The molecule has 206 valence electrons. The summed E-state index contributed by atoms with van der Waals surface area (Å²) in [5, 5.41) is 11.3. The summed E-state index contributed by atoms with van der Waals surface area (Å²) in [5.74, 6) is 1.34. The first kappa shape index (κ1) is 25.7. The summed E-state index contributed by atoms with van der Waals surface area (Å²) in [7, 11) is 0. The smallest absolute Gasteiger partial charge is 0.228 e. The monoisotopic (exact) mass is 660 g/mol. The van der Waals surface area contributed by atoms with Crippen molar-refractivity contribution in [3.63, 3.8) is 0 Å². The van der Waals surface area contributed by atoms with Crippen LogP contribution in [0.1, 0.15) is 30.4 Å². The van der Waals surface area contributed by atoms with Crippen LogP contribution < -0.4 is 15.4 Å². The van der Waals surface area contributed by atoms with E-state index in [2.05, 4.69) is 35.4 Å². The van der Waals surface area contributed by atoms with Gasteiger partial charge in [0.25, 0.3) is 0 Å². The van der Waals surface area contributed by atoms with E-state index in [1.165, 1.54) is 6.42 Å². The molecule has 5 aromatic rings. The molecule has 0 atom stereocenters. The van der Waals surface area contributed by atoms with Gasteiger partial charge in [0.1, 0.15) is 14.5 Å². The predicted octanol–water partition coefficient (Wildman–Crippen LogP) is 5.27. The number of imidazole rings is 1. The van der Waals surface area contributed by atoms with Gasteiger partial charge in [-0.2, -0.15) is 9.49 Å². The van der Waals surface area contributed by atoms with Gasteiger partial charge in [-0.1, -0.05) is 30.3 Å². The number of nitrogens with zero attached hydrogens (tertiary/aromatic N) is 5. The highest BCUT2D eigenvalue weighted by Crippen LogP contribution is 2.34. The Morgan fingerprint density at radius 2 is 1.95 bits per heavy atom. The van der Waals surface area contributed by atoms with Gasteiger partial charge >= 0.3 is 0 Å². The highest BCUT2D eigenvalue weighted by atomic mass is 127. The largest absolute Gasteiger partial charge is 0.355 e. The number of hydrogen-bond acceptors (Lipinski definition) is 6. The maximum atomic E-state index is 15.4. The fourth-order valence-electron chi connectivity index (χ4n) is 5.25.